The maximum absolute atomic E-state index is 12.3. The molecular weight excluding hydrogens is 346 g/mol. The maximum Gasteiger partial charge on any atom is 0.293 e. The second-order valence-corrected chi connectivity index (χ2v) is 6.97. The number of imide groups is 1. The van der Waals surface area contributed by atoms with Crippen LogP contribution in [0, 0.1) is 6.92 Å². The minimum absolute atomic E-state index is 0.112. The molecule has 24 heavy (non-hydrogen) atoms. The average molecular weight is 359 g/mol. The van der Waals surface area contributed by atoms with Crippen molar-refractivity contribution >= 4 is 45.3 Å². The Balaban J connectivity index is 1.70. The highest BCUT2D eigenvalue weighted by Crippen LogP contribution is 2.31. The predicted molar refractivity (Wildman–Crippen MR) is 93.5 cm³/mol. The predicted octanol–water partition coefficient (Wildman–Crippen LogP) is 3.17. The first-order valence-corrected chi connectivity index (χ1v) is 8.74. The van der Waals surface area contributed by atoms with Gasteiger partial charge >= 0.3 is 0 Å². The molecule has 1 aliphatic heterocycles. The Hall–Kier alpha value is -2.45. The minimum atomic E-state index is -0.481. The summed E-state index contributed by atoms with van der Waals surface area (Å²) in [7, 11) is 0. The standard InChI is InChI=1S/C16H13N3O3S2/c1-10-2-4-11(5-3-10)9-19-14(21)12(24-16(19)22)8-13(20)18-15-17-6-7-23-15/h2-8H,9H2,1H3,(H,17,18,20)/b12-8-. The van der Waals surface area contributed by atoms with Crippen molar-refractivity contribution in [3.8, 4) is 0 Å². The van der Waals surface area contributed by atoms with Gasteiger partial charge in [-0.15, -0.1) is 11.3 Å². The van der Waals surface area contributed by atoms with Crippen LogP contribution in [0.1, 0.15) is 11.1 Å². The number of amides is 3. The van der Waals surface area contributed by atoms with Crippen molar-refractivity contribution in [1.29, 1.82) is 0 Å². The third-order valence-electron chi connectivity index (χ3n) is 3.26. The Morgan fingerprint density at radius 3 is 2.71 bits per heavy atom. The fraction of sp³-hybridized carbons (Fsp3) is 0.125. The highest BCUT2D eigenvalue weighted by molar-refractivity contribution is 8.18. The lowest BCUT2D eigenvalue weighted by Gasteiger charge is -2.12. The molecule has 0 aliphatic carbocycles. The number of thiazole rings is 1. The van der Waals surface area contributed by atoms with Crippen molar-refractivity contribution in [1.82, 2.24) is 9.88 Å². The van der Waals surface area contributed by atoms with Gasteiger partial charge in [0.05, 0.1) is 11.4 Å². The topological polar surface area (TPSA) is 79.4 Å². The van der Waals surface area contributed by atoms with Crippen molar-refractivity contribution in [3.63, 3.8) is 0 Å². The van der Waals surface area contributed by atoms with E-state index in [2.05, 4.69) is 10.3 Å². The van der Waals surface area contributed by atoms with Crippen molar-refractivity contribution in [2.45, 2.75) is 13.5 Å². The molecule has 0 radical (unpaired) electrons. The number of hydrogen-bond donors (Lipinski definition) is 1. The van der Waals surface area contributed by atoms with Crippen molar-refractivity contribution < 1.29 is 14.4 Å². The number of carbonyl (C=O) groups excluding carboxylic acids is 3. The maximum atomic E-state index is 12.3. The molecule has 2 aromatic rings. The van der Waals surface area contributed by atoms with Crippen LogP contribution in [0.3, 0.4) is 0 Å². The van der Waals surface area contributed by atoms with Crippen LogP contribution in [0.4, 0.5) is 9.93 Å². The molecule has 0 unspecified atom stereocenters. The Kier molecular flexibility index (Phi) is 4.77. The smallest absolute Gasteiger partial charge is 0.293 e. The van der Waals surface area contributed by atoms with Gasteiger partial charge in [-0.2, -0.15) is 0 Å². The summed E-state index contributed by atoms with van der Waals surface area (Å²) in [5.41, 5.74) is 1.96. The zero-order chi connectivity index (χ0) is 17.1. The first-order valence-electron chi connectivity index (χ1n) is 7.04. The molecule has 1 saturated heterocycles. The van der Waals surface area contributed by atoms with Gasteiger partial charge in [0.25, 0.3) is 17.1 Å². The molecule has 1 aromatic carbocycles. The molecule has 0 bridgehead atoms. The number of nitrogens with one attached hydrogen (secondary N) is 1. The number of carbonyl (C=O) groups is 3. The molecule has 1 fully saturated rings. The highest BCUT2D eigenvalue weighted by Gasteiger charge is 2.35. The van der Waals surface area contributed by atoms with E-state index >= 15 is 0 Å². The molecule has 2 heterocycles. The van der Waals surface area contributed by atoms with Gasteiger partial charge < -0.3 is 0 Å². The summed E-state index contributed by atoms with van der Waals surface area (Å²) in [6.45, 7) is 2.16. The molecule has 122 valence electrons. The van der Waals surface area contributed by atoms with Gasteiger partial charge in [0.15, 0.2) is 5.13 Å². The van der Waals surface area contributed by atoms with Gasteiger partial charge in [0.2, 0.25) is 0 Å². The second-order valence-electron chi connectivity index (χ2n) is 5.08. The van der Waals surface area contributed by atoms with E-state index < -0.39 is 11.8 Å². The number of aromatic nitrogens is 1. The minimum Gasteiger partial charge on any atom is -0.298 e. The molecule has 0 atom stereocenters. The van der Waals surface area contributed by atoms with Gasteiger partial charge in [-0.05, 0) is 24.2 Å². The Labute approximate surface area is 146 Å². The zero-order valence-electron chi connectivity index (χ0n) is 12.7. The Morgan fingerprint density at radius 1 is 1.29 bits per heavy atom. The van der Waals surface area contributed by atoms with Crippen LogP contribution in [0.2, 0.25) is 0 Å². The van der Waals surface area contributed by atoms with Gasteiger partial charge in [0.1, 0.15) is 0 Å². The molecule has 1 aromatic heterocycles. The summed E-state index contributed by atoms with van der Waals surface area (Å²) in [6.07, 6.45) is 2.71. The number of rotatable bonds is 4. The summed E-state index contributed by atoms with van der Waals surface area (Å²) >= 11 is 2.04. The van der Waals surface area contributed by atoms with E-state index in [9.17, 15) is 14.4 Å². The van der Waals surface area contributed by atoms with Gasteiger partial charge in [-0.1, -0.05) is 29.8 Å². The summed E-state index contributed by atoms with van der Waals surface area (Å²) < 4.78 is 0. The third kappa shape index (κ3) is 3.72. The SMILES string of the molecule is Cc1ccc(CN2C(=O)S/C(=C\C(=O)Nc3nccs3)C2=O)cc1. The fourth-order valence-corrected chi connectivity index (χ4v) is 3.40. The number of thioether (sulfide) groups is 1. The molecular formula is C16H13N3O3S2. The molecule has 6 nitrogen and oxygen atoms in total. The average Bonchev–Trinajstić information content (AvgIpc) is 3.13. The molecule has 3 rings (SSSR count). The number of hydrogen-bond acceptors (Lipinski definition) is 6. The van der Waals surface area contributed by atoms with Crippen LogP contribution in [0.15, 0.2) is 46.8 Å². The van der Waals surface area contributed by atoms with Crippen molar-refractivity contribution in [3.05, 3.63) is 58.0 Å². The summed E-state index contributed by atoms with van der Waals surface area (Å²) in [5.74, 6) is -0.939. The number of anilines is 1. The molecule has 3 amide bonds. The lowest BCUT2D eigenvalue weighted by molar-refractivity contribution is -0.123. The van der Waals surface area contributed by atoms with E-state index in [0.717, 1.165) is 33.9 Å². The Bertz CT molecular complexity index is 814. The van der Waals surface area contributed by atoms with Gasteiger partial charge in [0, 0.05) is 17.7 Å². The van der Waals surface area contributed by atoms with Crippen molar-refractivity contribution in [2.75, 3.05) is 5.32 Å². The van der Waals surface area contributed by atoms with E-state index in [1.807, 2.05) is 31.2 Å². The largest absolute Gasteiger partial charge is 0.298 e. The first-order chi connectivity index (χ1) is 11.5. The van der Waals surface area contributed by atoms with E-state index in [0.29, 0.717) is 5.13 Å². The number of benzene rings is 1. The monoisotopic (exact) mass is 359 g/mol. The Morgan fingerprint density at radius 2 is 2.04 bits per heavy atom. The van der Waals surface area contributed by atoms with Crippen LogP contribution in [-0.2, 0) is 16.1 Å². The number of aryl methyl sites for hydroxylation is 1. The van der Waals surface area contributed by atoms with Crippen LogP contribution >= 0.6 is 23.1 Å². The van der Waals surface area contributed by atoms with Crippen LogP contribution in [0.25, 0.3) is 0 Å². The molecule has 0 saturated carbocycles. The zero-order valence-corrected chi connectivity index (χ0v) is 14.3. The second kappa shape index (κ2) is 6.98. The van der Waals surface area contributed by atoms with E-state index in [1.54, 1.807) is 11.6 Å². The molecule has 1 aliphatic rings. The summed E-state index contributed by atoms with van der Waals surface area (Å²) in [5, 5.41) is 4.34. The van der Waals surface area contributed by atoms with E-state index in [1.165, 1.54) is 11.3 Å². The molecule has 8 heteroatoms. The van der Waals surface area contributed by atoms with Crippen LogP contribution < -0.4 is 5.32 Å². The lowest BCUT2D eigenvalue weighted by Crippen LogP contribution is -2.27. The normalized spacial score (nSPS) is 16.0. The third-order valence-corrected chi connectivity index (χ3v) is 4.86. The molecule has 0 spiro atoms. The molecule has 1 N–H and O–H groups in total. The fourth-order valence-electron chi connectivity index (χ4n) is 2.06. The quantitative estimate of drug-likeness (QED) is 0.848. The summed E-state index contributed by atoms with van der Waals surface area (Å²) in [6, 6.07) is 7.59. The van der Waals surface area contributed by atoms with Crippen LogP contribution in [-0.4, -0.2) is 26.9 Å². The van der Waals surface area contributed by atoms with Crippen LogP contribution in [0.5, 0.6) is 0 Å². The lowest BCUT2D eigenvalue weighted by atomic mass is 10.1. The van der Waals surface area contributed by atoms with Crippen molar-refractivity contribution in [2.24, 2.45) is 0 Å². The van der Waals surface area contributed by atoms with Gasteiger partial charge in [-0.3, -0.25) is 24.6 Å². The van der Waals surface area contributed by atoms with E-state index in [4.69, 9.17) is 0 Å². The first kappa shape index (κ1) is 16.4. The highest BCUT2D eigenvalue weighted by atomic mass is 32.2. The van der Waals surface area contributed by atoms with Gasteiger partial charge in [-0.25, -0.2) is 4.98 Å². The van der Waals surface area contributed by atoms with E-state index in [-0.39, 0.29) is 16.7 Å². The summed E-state index contributed by atoms with van der Waals surface area (Å²) in [4.78, 5) is 41.5. The number of nitrogens with zero attached hydrogens (tertiary/aromatic N) is 2.